The lowest BCUT2D eigenvalue weighted by molar-refractivity contribution is -0.194. The van der Waals surface area contributed by atoms with Crippen LogP contribution in [-0.2, 0) is 20.7 Å². The Labute approximate surface area is 163 Å². The summed E-state index contributed by atoms with van der Waals surface area (Å²) in [6, 6.07) is 0. The molecule has 1 fully saturated rings. The van der Waals surface area contributed by atoms with E-state index in [-0.39, 0.29) is 24.9 Å². The van der Waals surface area contributed by atoms with Gasteiger partial charge in [0.1, 0.15) is 11.9 Å². The highest BCUT2D eigenvalue weighted by Crippen LogP contribution is 2.51. The molecule has 1 aliphatic rings. The fourth-order valence-corrected chi connectivity index (χ4v) is 4.09. The number of fused-ring (bicyclic) bond motifs is 1. The standard InChI is InChI=1S/C19H27N5O4/c1-6-28-14-9-19(16(26)27,18(14,4)5)23-15(25)8-7-13-11(2)22-17-20-10-21-24(17)12(13)3/h10,14H,6-9H2,1-5H3,(H,23,25)(H,26,27). The van der Waals surface area contributed by atoms with Gasteiger partial charge in [-0.1, -0.05) is 13.8 Å². The summed E-state index contributed by atoms with van der Waals surface area (Å²) in [7, 11) is 0. The summed E-state index contributed by atoms with van der Waals surface area (Å²) in [6.07, 6.45) is 2.11. The molecule has 0 bridgehead atoms. The van der Waals surface area contributed by atoms with E-state index in [0.717, 1.165) is 17.0 Å². The number of aliphatic carboxylic acids is 1. The SMILES string of the molecule is CCOC1CC(NC(=O)CCc2c(C)nc3ncnn3c2C)(C(=O)O)C1(C)C. The molecule has 0 radical (unpaired) electrons. The van der Waals surface area contributed by atoms with Gasteiger partial charge in [0.15, 0.2) is 0 Å². The van der Waals surface area contributed by atoms with Gasteiger partial charge in [0.25, 0.3) is 5.78 Å². The van der Waals surface area contributed by atoms with Gasteiger partial charge >= 0.3 is 5.97 Å². The van der Waals surface area contributed by atoms with Crippen molar-refractivity contribution in [3.05, 3.63) is 23.3 Å². The molecule has 152 valence electrons. The third kappa shape index (κ3) is 3.03. The van der Waals surface area contributed by atoms with Gasteiger partial charge < -0.3 is 15.2 Å². The Morgan fingerprint density at radius 2 is 2.11 bits per heavy atom. The van der Waals surface area contributed by atoms with Gasteiger partial charge in [-0.25, -0.2) is 14.3 Å². The van der Waals surface area contributed by atoms with Gasteiger partial charge in [0.05, 0.1) is 6.10 Å². The van der Waals surface area contributed by atoms with Gasteiger partial charge in [-0.05, 0) is 32.8 Å². The third-order valence-electron chi connectivity index (χ3n) is 6.07. The van der Waals surface area contributed by atoms with Crippen LogP contribution >= 0.6 is 0 Å². The van der Waals surface area contributed by atoms with Gasteiger partial charge in [0.2, 0.25) is 5.91 Å². The number of carbonyl (C=O) groups is 2. The maximum atomic E-state index is 12.6. The number of nitrogens with zero attached hydrogens (tertiary/aromatic N) is 4. The first-order chi connectivity index (χ1) is 13.1. The van der Waals surface area contributed by atoms with E-state index < -0.39 is 16.9 Å². The van der Waals surface area contributed by atoms with E-state index in [1.807, 2.05) is 34.6 Å². The molecule has 2 N–H and O–H groups in total. The van der Waals surface area contributed by atoms with E-state index >= 15 is 0 Å². The predicted octanol–water partition coefficient (Wildman–Crippen LogP) is 1.45. The molecule has 9 heteroatoms. The van der Waals surface area contributed by atoms with E-state index in [1.165, 1.54) is 6.33 Å². The predicted molar refractivity (Wildman–Crippen MR) is 101 cm³/mol. The molecule has 28 heavy (non-hydrogen) atoms. The number of nitrogens with one attached hydrogen (secondary N) is 1. The highest BCUT2D eigenvalue weighted by molar-refractivity contribution is 5.89. The molecule has 3 rings (SSSR count). The monoisotopic (exact) mass is 389 g/mol. The molecule has 2 aromatic heterocycles. The minimum atomic E-state index is -1.32. The summed E-state index contributed by atoms with van der Waals surface area (Å²) in [5, 5.41) is 16.7. The molecule has 0 aliphatic heterocycles. The Balaban J connectivity index is 1.73. The summed E-state index contributed by atoms with van der Waals surface area (Å²) >= 11 is 0. The van der Waals surface area contributed by atoms with Gasteiger partial charge in [0, 0.05) is 36.3 Å². The average molecular weight is 389 g/mol. The van der Waals surface area contributed by atoms with E-state index in [1.54, 1.807) is 4.52 Å². The zero-order chi connectivity index (χ0) is 20.7. The first kappa shape index (κ1) is 20.2. The Morgan fingerprint density at radius 3 is 2.71 bits per heavy atom. The Kier molecular flexibility index (Phi) is 5.14. The number of rotatable bonds is 7. The fourth-order valence-electron chi connectivity index (χ4n) is 4.09. The fraction of sp³-hybridized carbons (Fsp3) is 0.632. The molecule has 0 aromatic carbocycles. The lowest BCUT2D eigenvalue weighted by atomic mass is 9.54. The minimum absolute atomic E-state index is 0.161. The van der Waals surface area contributed by atoms with Gasteiger partial charge in [-0.2, -0.15) is 10.1 Å². The van der Waals surface area contributed by atoms with Crippen molar-refractivity contribution in [3.8, 4) is 0 Å². The van der Waals surface area contributed by atoms with Crippen molar-refractivity contribution in [1.82, 2.24) is 24.9 Å². The van der Waals surface area contributed by atoms with Crippen LogP contribution in [0.3, 0.4) is 0 Å². The molecule has 2 atom stereocenters. The molecular weight excluding hydrogens is 362 g/mol. The first-order valence-electron chi connectivity index (χ1n) is 9.46. The lowest BCUT2D eigenvalue weighted by Crippen LogP contribution is -2.76. The summed E-state index contributed by atoms with van der Waals surface area (Å²) < 4.78 is 7.28. The van der Waals surface area contributed by atoms with E-state index in [9.17, 15) is 14.7 Å². The molecule has 2 heterocycles. The number of aromatic nitrogens is 4. The number of carboxylic acid groups (broad SMARTS) is 1. The number of carbonyl (C=O) groups excluding carboxylic acids is 1. The zero-order valence-corrected chi connectivity index (χ0v) is 16.9. The molecular formula is C19H27N5O4. The second kappa shape index (κ2) is 7.12. The van der Waals surface area contributed by atoms with Crippen LogP contribution < -0.4 is 5.32 Å². The van der Waals surface area contributed by atoms with Crippen molar-refractivity contribution in [2.24, 2.45) is 5.41 Å². The van der Waals surface area contributed by atoms with E-state index in [2.05, 4.69) is 20.4 Å². The van der Waals surface area contributed by atoms with Crippen LogP contribution in [0.15, 0.2) is 6.33 Å². The highest BCUT2D eigenvalue weighted by atomic mass is 16.5. The van der Waals surface area contributed by atoms with Crippen LogP contribution in [-0.4, -0.2) is 54.8 Å². The van der Waals surface area contributed by atoms with Crippen LogP contribution in [0.5, 0.6) is 0 Å². The normalized spacial score (nSPS) is 23.4. The van der Waals surface area contributed by atoms with Crippen molar-refractivity contribution < 1.29 is 19.4 Å². The smallest absolute Gasteiger partial charge is 0.330 e. The number of amides is 1. The van der Waals surface area contributed by atoms with Gasteiger partial charge in [-0.3, -0.25) is 4.79 Å². The van der Waals surface area contributed by atoms with Crippen LogP contribution in [0, 0.1) is 19.3 Å². The topological polar surface area (TPSA) is 119 Å². The summed E-state index contributed by atoms with van der Waals surface area (Å²) in [4.78, 5) is 33.1. The number of hydrogen-bond donors (Lipinski definition) is 2. The van der Waals surface area contributed by atoms with Crippen molar-refractivity contribution in [1.29, 1.82) is 0 Å². The van der Waals surface area contributed by atoms with Gasteiger partial charge in [-0.15, -0.1) is 0 Å². The maximum absolute atomic E-state index is 12.6. The number of carboxylic acids is 1. The maximum Gasteiger partial charge on any atom is 0.330 e. The lowest BCUT2D eigenvalue weighted by Gasteiger charge is -2.58. The summed E-state index contributed by atoms with van der Waals surface area (Å²) in [6.45, 7) is 9.80. The Morgan fingerprint density at radius 1 is 1.39 bits per heavy atom. The average Bonchev–Trinajstić information content (AvgIpc) is 3.08. The van der Waals surface area contributed by atoms with E-state index in [0.29, 0.717) is 18.8 Å². The molecule has 2 aromatic rings. The van der Waals surface area contributed by atoms with Crippen molar-refractivity contribution in [2.45, 2.75) is 65.5 Å². The van der Waals surface area contributed by atoms with Crippen molar-refractivity contribution >= 4 is 17.7 Å². The molecule has 0 spiro atoms. The second-order valence-electron chi connectivity index (χ2n) is 7.86. The number of ether oxygens (including phenoxy) is 1. The summed E-state index contributed by atoms with van der Waals surface area (Å²) in [5.74, 6) is -0.811. The van der Waals surface area contributed by atoms with Crippen molar-refractivity contribution in [2.75, 3.05) is 6.61 Å². The van der Waals surface area contributed by atoms with Crippen LogP contribution in [0.25, 0.3) is 5.78 Å². The second-order valence-corrected chi connectivity index (χ2v) is 7.86. The van der Waals surface area contributed by atoms with Crippen molar-refractivity contribution in [3.63, 3.8) is 0 Å². The molecule has 0 saturated heterocycles. The molecule has 1 saturated carbocycles. The molecule has 1 amide bonds. The quantitative estimate of drug-likeness (QED) is 0.735. The van der Waals surface area contributed by atoms with Crippen LogP contribution in [0.4, 0.5) is 0 Å². The molecule has 1 aliphatic carbocycles. The Bertz CT molecular complexity index is 922. The highest BCUT2D eigenvalue weighted by Gasteiger charge is 2.66. The largest absolute Gasteiger partial charge is 0.479 e. The van der Waals surface area contributed by atoms with Crippen LogP contribution in [0.1, 0.15) is 50.6 Å². The number of hydrogen-bond acceptors (Lipinski definition) is 6. The minimum Gasteiger partial charge on any atom is -0.479 e. The third-order valence-corrected chi connectivity index (χ3v) is 6.07. The summed E-state index contributed by atoms with van der Waals surface area (Å²) in [5.41, 5.74) is 0.567. The molecule has 9 nitrogen and oxygen atoms in total. The van der Waals surface area contributed by atoms with E-state index in [4.69, 9.17) is 4.74 Å². The molecule has 2 unspecified atom stereocenters. The zero-order valence-electron chi connectivity index (χ0n) is 16.9. The first-order valence-corrected chi connectivity index (χ1v) is 9.46. The van der Waals surface area contributed by atoms with Crippen LogP contribution in [0.2, 0.25) is 0 Å². The number of aryl methyl sites for hydroxylation is 2. The Hall–Kier alpha value is -2.55.